The van der Waals surface area contributed by atoms with Gasteiger partial charge in [-0.25, -0.2) is 0 Å². The Morgan fingerprint density at radius 3 is 1.21 bits per heavy atom. The summed E-state index contributed by atoms with van der Waals surface area (Å²) in [5, 5.41) is 0. The third-order valence-electron chi connectivity index (χ3n) is 1.08. The lowest BCUT2D eigenvalue weighted by atomic mass is 10.6. The van der Waals surface area contributed by atoms with Gasteiger partial charge in [-0.15, -0.1) is 0 Å². The van der Waals surface area contributed by atoms with Gasteiger partial charge in [0.2, 0.25) is 0 Å². The molecule has 0 N–H and O–H groups in total. The van der Waals surface area contributed by atoms with Gasteiger partial charge in [-0.05, 0) is 20.8 Å². The normalized spacial score (nSPS) is 10.5. The molecule has 0 saturated heterocycles. The first-order chi connectivity index (χ1) is 6.25. The van der Waals surface area contributed by atoms with Gasteiger partial charge in [0.1, 0.15) is 0 Å². The number of allylic oxidation sites excluding steroid dienone is 3. The molecule has 0 saturated carbocycles. The van der Waals surface area contributed by atoms with Gasteiger partial charge in [-0.3, -0.25) is 0 Å². The third kappa shape index (κ3) is 5.48. The van der Waals surface area contributed by atoms with Crippen molar-refractivity contribution in [3.8, 4) is 0 Å². The highest BCUT2D eigenvalue weighted by molar-refractivity contribution is 6.12. The maximum atomic E-state index is 5.36. The third-order valence-corrected chi connectivity index (χ3v) is 1.69. The number of rotatable bonds is 6. The maximum Gasteiger partial charge on any atom is 0.367 e. The average Bonchev–Trinajstić information content (AvgIpc) is 1.76. The van der Waals surface area contributed by atoms with E-state index in [1.165, 1.54) is 0 Å². The molecule has 0 aliphatic rings. The fourth-order valence-corrected chi connectivity index (χ4v) is 2.06. The molecule has 0 fully saturated rings. The molecule has 80 valence electrons. The molecule has 0 heterocycles. The van der Waals surface area contributed by atoms with Gasteiger partial charge in [0.25, 0.3) is 0 Å². The van der Waals surface area contributed by atoms with Gasteiger partial charge in [0.15, 0.2) is 10.2 Å². The van der Waals surface area contributed by atoms with E-state index in [1.807, 2.05) is 0 Å². The maximum absolute atomic E-state index is 5.36. The van der Waals surface area contributed by atoms with Crippen molar-refractivity contribution in [1.29, 1.82) is 0 Å². The Bertz CT molecular complexity index is 217. The summed E-state index contributed by atoms with van der Waals surface area (Å²) in [5.41, 5.74) is -1.09. The zero-order valence-corrected chi connectivity index (χ0v) is 11.3. The average molecular weight is 214 g/mol. The molecule has 0 aromatic carbocycles. The Morgan fingerprint density at radius 1 is 0.857 bits per heavy atom. The topological polar surface area (TPSA) is 27.7 Å². The van der Waals surface area contributed by atoms with Crippen LogP contribution in [0.5, 0.6) is 0 Å². The Labute approximate surface area is 88.5 Å². The Balaban J connectivity index is 4.56. The quantitative estimate of drug-likeness (QED) is 0.382. The van der Waals surface area contributed by atoms with E-state index in [1.54, 1.807) is 20.8 Å². The summed E-state index contributed by atoms with van der Waals surface area (Å²) in [6.07, 6.45) is 0. The van der Waals surface area contributed by atoms with E-state index in [0.29, 0.717) is 27.5 Å². The summed E-state index contributed by atoms with van der Waals surface area (Å²) >= 11 is 0. The highest BCUT2D eigenvalue weighted by Crippen LogP contribution is 2.20. The van der Waals surface area contributed by atoms with Crippen molar-refractivity contribution in [2.45, 2.75) is 26.4 Å². The van der Waals surface area contributed by atoms with Crippen LogP contribution < -0.4 is 0 Å². The van der Waals surface area contributed by atoms with Crippen LogP contribution in [0.1, 0.15) is 20.8 Å². The van der Waals surface area contributed by atoms with Crippen LogP contribution in [0.2, 0.25) is 0 Å². The molecule has 14 heavy (non-hydrogen) atoms. The Morgan fingerprint density at radius 2 is 1.07 bits per heavy atom. The zero-order chi connectivity index (χ0) is 11.4. The number of hydrogen-bond acceptors (Lipinski definition) is 3. The highest BCUT2D eigenvalue weighted by atomic mass is 28.1. The second-order valence-corrected chi connectivity index (χ2v) is 4.50. The van der Waals surface area contributed by atoms with Gasteiger partial charge in [0.05, 0.1) is 17.3 Å². The Kier molecular flexibility index (Phi) is 4.50. The van der Waals surface area contributed by atoms with Crippen LogP contribution >= 0.6 is 0 Å². The lowest BCUT2D eigenvalue weighted by molar-refractivity contribution is -0.273. The fourth-order valence-electron chi connectivity index (χ4n) is 1.01. The van der Waals surface area contributed by atoms with E-state index < -0.39 is 5.60 Å². The van der Waals surface area contributed by atoms with E-state index in [2.05, 4.69) is 19.7 Å². The van der Waals surface area contributed by atoms with Crippen molar-refractivity contribution < 1.29 is 14.2 Å². The van der Waals surface area contributed by atoms with E-state index in [4.69, 9.17) is 14.2 Å². The smallest absolute Gasteiger partial charge is 0.367 e. The van der Waals surface area contributed by atoms with Crippen molar-refractivity contribution >= 4 is 10.2 Å². The summed E-state index contributed by atoms with van der Waals surface area (Å²) in [4.78, 5) is 0. The first-order valence-corrected chi connectivity index (χ1v) is 5.29. The molecule has 0 aliphatic heterocycles. The van der Waals surface area contributed by atoms with Crippen LogP contribution in [-0.2, 0) is 14.2 Å². The molecule has 0 aliphatic carbocycles. The monoisotopic (exact) mass is 214 g/mol. The largest absolute Gasteiger partial charge is 0.432 e. The SMILES string of the molecule is C=C(C)OC([SiH3])(OC(=C)C)OC(=C)C. The summed E-state index contributed by atoms with van der Waals surface area (Å²) in [6.45, 7) is 16.1. The highest BCUT2D eigenvalue weighted by Gasteiger charge is 2.29. The molecule has 0 aromatic heterocycles. The second kappa shape index (κ2) is 4.90. The predicted octanol–water partition coefficient (Wildman–Crippen LogP) is 1.61. The zero-order valence-electron chi connectivity index (χ0n) is 9.35. The molecule has 0 aromatic rings. The van der Waals surface area contributed by atoms with Gasteiger partial charge < -0.3 is 14.2 Å². The van der Waals surface area contributed by atoms with Gasteiger partial charge in [-0.1, -0.05) is 19.7 Å². The minimum Gasteiger partial charge on any atom is -0.432 e. The lowest BCUT2D eigenvalue weighted by Gasteiger charge is -2.31. The minimum atomic E-state index is -1.09. The van der Waals surface area contributed by atoms with Crippen molar-refractivity contribution in [2.75, 3.05) is 0 Å². The molecule has 4 heteroatoms. The molecule has 0 bridgehead atoms. The van der Waals surface area contributed by atoms with Crippen LogP contribution in [0.15, 0.2) is 37.0 Å². The minimum absolute atomic E-state index is 0.513. The van der Waals surface area contributed by atoms with E-state index in [0.717, 1.165) is 0 Å². The summed E-state index contributed by atoms with van der Waals surface area (Å²) < 4.78 is 16.1. The van der Waals surface area contributed by atoms with E-state index in [9.17, 15) is 0 Å². The molecule has 0 atom stereocenters. The van der Waals surface area contributed by atoms with Gasteiger partial charge in [0, 0.05) is 0 Å². The van der Waals surface area contributed by atoms with Crippen LogP contribution in [0.3, 0.4) is 0 Å². The summed E-state index contributed by atoms with van der Waals surface area (Å²) in [7, 11) is 0.513. The molecule has 3 nitrogen and oxygen atoms in total. The first-order valence-electron chi connectivity index (χ1n) is 4.29. The van der Waals surface area contributed by atoms with Crippen molar-refractivity contribution in [3.63, 3.8) is 0 Å². The van der Waals surface area contributed by atoms with Crippen LogP contribution in [0, 0.1) is 0 Å². The predicted molar refractivity (Wildman–Crippen MR) is 60.4 cm³/mol. The molecule has 0 rings (SSSR count). The number of hydrogen-bond donors (Lipinski definition) is 0. The summed E-state index contributed by atoms with van der Waals surface area (Å²) in [6, 6.07) is 0. The van der Waals surface area contributed by atoms with E-state index in [-0.39, 0.29) is 0 Å². The van der Waals surface area contributed by atoms with Gasteiger partial charge >= 0.3 is 5.60 Å². The van der Waals surface area contributed by atoms with E-state index >= 15 is 0 Å². The fraction of sp³-hybridized carbons (Fsp3) is 0.400. The van der Waals surface area contributed by atoms with Crippen LogP contribution in [-0.4, -0.2) is 15.8 Å². The Hall–Kier alpha value is -1.16. The van der Waals surface area contributed by atoms with Gasteiger partial charge in [-0.2, -0.15) is 0 Å². The van der Waals surface area contributed by atoms with Crippen molar-refractivity contribution in [2.24, 2.45) is 0 Å². The van der Waals surface area contributed by atoms with Crippen LogP contribution in [0.25, 0.3) is 0 Å². The number of ether oxygens (including phenoxy) is 3. The lowest BCUT2D eigenvalue weighted by Crippen LogP contribution is -2.38. The van der Waals surface area contributed by atoms with Crippen molar-refractivity contribution in [3.05, 3.63) is 37.0 Å². The molecule has 0 spiro atoms. The second-order valence-electron chi connectivity index (χ2n) is 3.27. The molecule has 0 amide bonds. The summed E-state index contributed by atoms with van der Waals surface area (Å²) in [5.74, 6) is 1.59. The first kappa shape index (κ1) is 12.8. The standard InChI is InChI=1S/C10H18O3Si/c1-7(2)11-10(14,12-8(3)4)13-9(5)6/h1,3,5H2,2,4,6,14H3. The van der Waals surface area contributed by atoms with Crippen molar-refractivity contribution in [1.82, 2.24) is 0 Å². The molecule has 0 unspecified atom stereocenters. The molecular weight excluding hydrogens is 196 g/mol. The molecular formula is C10H18O3Si. The van der Waals surface area contributed by atoms with Crippen LogP contribution in [0.4, 0.5) is 0 Å². The molecule has 0 radical (unpaired) electrons.